The lowest BCUT2D eigenvalue weighted by atomic mass is 10.0. The Labute approximate surface area is 195 Å². The zero-order chi connectivity index (χ0) is 24.3. The molecule has 0 radical (unpaired) electrons. The number of carbonyl (C=O) groups is 2. The molecule has 2 atom stereocenters. The third kappa shape index (κ3) is 9.63. The van der Waals surface area contributed by atoms with Crippen LogP contribution in [-0.4, -0.2) is 49.8 Å². The smallest absolute Gasteiger partial charge is 0.404 e. The standard InChI is InChI=1S/C24H32N2O6S/c1-18(2)15-21(16-25-24(28)29)33(30,31)26-22(14-13-19-9-5-3-6-10-19)23(27)17-32-20-11-7-4-8-12-20/h3-12,18,21-22,25-26H,13-17H2,1-2H3,(H,28,29). The summed E-state index contributed by atoms with van der Waals surface area (Å²) in [5.41, 5.74) is 0.977. The Kier molecular flexibility index (Phi) is 10.3. The minimum absolute atomic E-state index is 0.0158. The van der Waals surface area contributed by atoms with Crippen LogP contribution in [0.15, 0.2) is 60.7 Å². The largest absolute Gasteiger partial charge is 0.486 e. The van der Waals surface area contributed by atoms with Gasteiger partial charge in [-0.3, -0.25) is 4.79 Å². The molecule has 9 heteroatoms. The summed E-state index contributed by atoms with van der Waals surface area (Å²) in [4.78, 5) is 23.9. The highest BCUT2D eigenvalue weighted by Gasteiger charge is 2.32. The minimum Gasteiger partial charge on any atom is -0.486 e. The lowest BCUT2D eigenvalue weighted by molar-refractivity contribution is -0.122. The highest BCUT2D eigenvalue weighted by atomic mass is 32.2. The first-order chi connectivity index (χ1) is 15.7. The molecule has 1 amide bonds. The predicted octanol–water partition coefficient (Wildman–Crippen LogP) is 3.24. The molecule has 0 aliphatic rings. The molecule has 33 heavy (non-hydrogen) atoms. The summed E-state index contributed by atoms with van der Waals surface area (Å²) in [5, 5.41) is 10.1. The minimum atomic E-state index is -4.00. The molecule has 2 rings (SSSR count). The number of sulfonamides is 1. The van der Waals surface area contributed by atoms with Crippen molar-refractivity contribution in [3.05, 3.63) is 66.2 Å². The van der Waals surface area contributed by atoms with Crippen molar-refractivity contribution < 1.29 is 27.9 Å². The molecule has 8 nitrogen and oxygen atoms in total. The third-order valence-corrected chi connectivity index (χ3v) is 6.89. The summed E-state index contributed by atoms with van der Waals surface area (Å²) in [7, 11) is -4.00. The fourth-order valence-corrected chi connectivity index (χ4v) is 5.13. The highest BCUT2D eigenvalue weighted by molar-refractivity contribution is 7.90. The van der Waals surface area contributed by atoms with Crippen molar-refractivity contribution in [2.24, 2.45) is 5.92 Å². The molecule has 0 bridgehead atoms. The highest BCUT2D eigenvalue weighted by Crippen LogP contribution is 2.15. The molecule has 0 heterocycles. The van der Waals surface area contributed by atoms with Gasteiger partial charge in [-0.15, -0.1) is 0 Å². The molecule has 3 N–H and O–H groups in total. The van der Waals surface area contributed by atoms with Gasteiger partial charge in [-0.05, 0) is 42.9 Å². The van der Waals surface area contributed by atoms with Gasteiger partial charge in [0.15, 0.2) is 5.78 Å². The van der Waals surface area contributed by atoms with Gasteiger partial charge >= 0.3 is 6.09 Å². The Morgan fingerprint density at radius 3 is 2.18 bits per heavy atom. The summed E-state index contributed by atoms with van der Waals surface area (Å²) >= 11 is 0. The van der Waals surface area contributed by atoms with Crippen molar-refractivity contribution in [3.8, 4) is 5.75 Å². The summed E-state index contributed by atoms with van der Waals surface area (Å²) < 4.78 is 34.4. The van der Waals surface area contributed by atoms with Crippen LogP contribution in [0.1, 0.15) is 32.3 Å². The fraction of sp³-hybridized carbons (Fsp3) is 0.417. The predicted molar refractivity (Wildman–Crippen MR) is 127 cm³/mol. The van der Waals surface area contributed by atoms with E-state index in [1.54, 1.807) is 24.3 Å². The maximum Gasteiger partial charge on any atom is 0.404 e. The van der Waals surface area contributed by atoms with Crippen molar-refractivity contribution in [1.82, 2.24) is 10.0 Å². The summed E-state index contributed by atoms with van der Waals surface area (Å²) in [6.07, 6.45) is -0.309. The van der Waals surface area contributed by atoms with Crippen LogP contribution >= 0.6 is 0 Å². The topological polar surface area (TPSA) is 122 Å². The van der Waals surface area contributed by atoms with Crippen LogP contribution in [0.2, 0.25) is 0 Å². The average molecular weight is 477 g/mol. The second-order valence-electron chi connectivity index (χ2n) is 8.25. The van der Waals surface area contributed by atoms with E-state index in [4.69, 9.17) is 9.84 Å². The van der Waals surface area contributed by atoms with Gasteiger partial charge in [-0.25, -0.2) is 17.9 Å². The quantitative estimate of drug-likeness (QED) is 0.385. The van der Waals surface area contributed by atoms with Gasteiger partial charge in [0.05, 0.1) is 11.3 Å². The van der Waals surface area contributed by atoms with Crippen LogP contribution in [0.25, 0.3) is 0 Å². The number of hydrogen-bond acceptors (Lipinski definition) is 5. The number of nitrogens with one attached hydrogen (secondary N) is 2. The Morgan fingerprint density at radius 1 is 1.00 bits per heavy atom. The van der Waals surface area contributed by atoms with E-state index in [0.717, 1.165) is 5.56 Å². The number of ketones is 1. The monoisotopic (exact) mass is 476 g/mol. The molecule has 0 fully saturated rings. The average Bonchev–Trinajstić information content (AvgIpc) is 2.78. The second kappa shape index (κ2) is 13.0. The number of rotatable bonds is 14. The molecule has 0 saturated carbocycles. The summed E-state index contributed by atoms with van der Waals surface area (Å²) in [6, 6.07) is 17.3. The molecular formula is C24H32N2O6S. The van der Waals surface area contributed by atoms with E-state index in [2.05, 4.69) is 10.0 Å². The fourth-order valence-electron chi connectivity index (χ4n) is 3.35. The molecular weight excluding hydrogens is 444 g/mol. The van der Waals surface area contributed by atoms with E-state index in [1.165, 1.54) is 0 Å². The lowest BCUT2D eigenvalue weighted by Crippen LogP contribution is -2.49. The van der Waals surface area contributed by atoms with Crippen LogP contribution in [0, 0.1) is 5.92 Å². The molecule has 0 aromatic heterocycles. The van der Waals surface area contributed by atoms with Crippen molar-refractivity contribution in [3.63, 3.8) is 0 Å². The summed E-state index contributed by atoms with van der Waals surface area (Å²) in [6.45, 7) is 3.17. The van der Waals surface area contributed by atoms with Gasteiger partial charge in [0, 0.05) is 6.54 Å². The van der Waals surface area contributed by atoms with E-state index in [9.17, 15) is 18.0 Å². The number of carbonyl (C=O) groups excluding carboxylic acids is 1. The first kappa shape index (κ1) is 26.3. The molecule has 2 unspecified atom stereocenters. The van der Waals surface area contributed by atoms with Crippen molar-refractivity contribution in [1.29, 1.82) is 0 Å². The Bertz CT molecular complexity index is 981. The molecule has 0 spiro atoms. The van der Waals surface area contributed by atoms with E-state index in [0.29, 0.717) is 12.2 Å². The maximum atomic E-state index is 13.1. The van der Waals surface area contributed by atoms with Gasteiger partial charge in [0.2, 0.25) is 10.0 Å². The number of aryl methyl sites for hydroxylation is 1. The molecule has 2 aromatic carbocycles. The number of ether oxygens (including phenoxy) is 1. The molecule has 0 saturated heterocycles. The second-order valence-corrected chi connectivity index (χ2v) is 10.2. The van der Waals surface area contributed by atoms with Crippen LogP contribution < -0.4 is 14.8 Å². The van der Waals surface area contributed by atoms with Crippen molar-refractivity contribution in [2.45, 2.75) is 44.4 Å². The maximum absolute atomic E-state index is 13.1. The van der Waals surface area contributed by atoms with Crippen molar-refractivity contribution >= 4 is 21.9 Å². The van der Waals surface area contributed by atoms with E-state index >= 15 is 0 Å². The number of para-hydroxylation sites is 1. The van der Waals surface area contributed by atoms with Gasteiger partial charge in [0.1, 0.15) is 12.4 Å². The molecule has 2 aromatic rings. The first-order valence-electron chi connectivity index (χ1n) is 10.9. The van der Waals surface area contributed by atoms with Gasteiger partial charge in [0.25, 0.3) is 0 Å². The van der Waals surface area contributed by atoms with E-state index < -0.39 is 33.2 Å². The SMILES string of the molecule is CC(C)CC(CNC(=O)O)S(=O)(=O)NC(CCc1ccccc1)C(=O)COc1ccccc1. The number of hydrogen-bond donors (Lipinski definition) is 3. The van der Waals surface area contributed by atoms with Gasteiger partial charge in [-0.2, -0.15) is 0 Å². The summed E-state index contributed by atoms with van der Waals surface area (Å²) in [5.74, 6) is 0.133. The molecule has 0 aliphatic carbocycles. The normalized spacial score (nSPS) is 13.3. The van der Waals surface area contributed by atoms with E-state index in [1.807, 2.05) is 50.2 Å². The number of benzene rings is 2. The van der Waals surface area contributed by atoms with Gasteiger partial charge in [-0.1, -0.05) is 62.4 Å². The van der Waals surface area contributed by atoms with Crippen LogP contribution in [0.3, 0.4) is 0 Å². The van der Waals surface area contributed by atoms with Crippen molar-refractivity contribution in [2.75, 3.05) is 13.2 Å². The lowest BCUT2D eigenvalue weighted by Gasteiger charge is -2.24. The van der Waals surface area contributed by atoms with Crippen LogP contribution in [-0.2, 0) is 21.2 Å². The first-order valence-corrected chi connectivity index (χ1v) is 12.4. The Balaban J connectivity index is 2.16. The number of Topliss-reactive ketones (excluding diaryl/α,β-unsaturated/α-hetero) is 1. The number of amides is 1. The zero-order valence-electron chi connectivity index (χ0n) is 18.9. The Hall–Kier alpha value is -2.91. The van der Waals surface area contributed by atoms with Crippen LogP contribution in [0.4, 0.5) is 4.79 Å². The van der Waals surface area contributed by atoms with E-state index in [-0.39, 0.29) is 31.9 Å². The van der Waals surface area contributed by atoms with Crippen LogP contribution in [0.5, 0.6) is 5.75 Å². The van der Waals surface area contributed by atoms with Gasteiger partial charge < -0.3 is 15.2 Å². The number of carboxylic acid groups (broad SMARTS) is 1. The third-order valence-electron chi connectivity index (χ3n) is 5.04. The molecule has 0 aliphatic heterocycles. The Morgan fingerprint density at radius 2 is 1.61 bits per heavy atom. The zero-order valence-corrected chi connectivity index (χ0v) is 19.8. The molecule has 180 valence electrons.